The van der Waals surface area contributed by atoms with Gasteiger partial charge in [0, 0.05) is 24.4 Å². The van der Waals surface area contributed by atoms with Crippen molar-refractivity contribution < 1.29 is 4.79 Å². The van der Waals surface area contributed by atoms with Crippen molar-refractivity contribution in [2.75, 3.05) is 0 Å². The zero-order chi connectivity index (χ0) is 7.72. The van der Waals surface area contributed by atoms with E-state index in [0.29, 0.717) is 24.3 Å². The van der Waals surface area contributed by atoms with E-state index in [9.17, 15) is 4.79 Å². The van der Waals surface area contributed by atoms with Gasteiger partial charge in [0.1, 0.15) is 5.78 Å². The maximum absolute atomic E-state index is 11.2. The molecule has 0 spiro atoms. The van der Waals surface area contributed by atoms with Crippen molar-refractivity contribution in [2.45, 2.75) is 39.3 Å². The van der Waals surface area contributed by atoms with Crippen molar-refractivity contribution in [2.24, 2.45) is 5.92 Å². The molecule has 1 heterocycles. The van der Waals surface area contributed by atoms with Crippen molar-refractivity contribution in [3.05, 3.63) is 0 Å². The fourth-order valence-electron chi connectivity index (χ4n) is 1.42. The normalized spacial score (nSPS) is 41.9. The minimum Gasteiger partial charge on any atom is -0.311 e. The predicted molar refractivity (Wildman–Crippen MR) is 40.8 cm³/mol. The Hall–Kier alpha value is -0.370. The summed E-state index contributed by atoms with van der Waals surface area (Å²) < 4.78 is 0. The van der Waals surface area contributed by atoms with Gasteiger partial charge in [-0.3, -0.25) is 4.79 Å². The van der Waals surface area contributed by atoms with Gasteiger partial charge in [0.15, 0.2) is 0 Å². The average molecular weight is 141 g/mol. The lowest BCUT2D eigenvalue weighted by Crippen LogP contribution is -2.48. The van der Waals surface area contributed by atoms with Crippen LogP contribution in [0.3, 0.4) is 0 Å². The zero-order valence-corrected chi connectivity index (χ0v) is 6.85. The van der Waals surface area contributed by atoms with Gasteiger partial charge >= 0.3 is 0 Å². The van der Waals surface area contributed by atoms with Crippen molar-refractivity contribution >= 4 is 5.78 Å². The number of ketones is 1. The molecule has 58 valence electrons. The van der Waals surface area contributed by atoms with Crippen molar-refractivity contribution in [3.63, 3.8) is 0 Å². The molecule has 10 heavy (non-hydrogen) atoms. The van der Waals surface area contributed by atoms with E-state index < -0.39 is 0 Å². The standard InChI is InChI=1S/C8H15NO/c1-5-4-8(10)6(2)7(3)9-5/h5-7,9H,4H2,1-3H3/t5-,6+,7+/m1/s1. The number of nitrogens with one attached hydrogen (secondary N) is 1. The highest BCUT2D eigenvalue weighted by atomic mass is 16.1. The summed E-state index contributed by atoms with van der Waals surface area (Å²) in [4.78, 5) is 11.2. The number of hydrogen-bond donors (Lipinski definition) is 1. The molecule has 2 nitrogen and oxygen atoms in total. The molecule has 0 radical (unpaired) electrons. The first-order valence-electron chi connectivity index (χ1n) is 3.90. The van der Waals surface area contributed by atoms with E-state index in [0.717, 1.165) is 0 Å². The van der Waals surface area contributed by atoms with E-state index in [4.69, 9.17) is 0 Å². The van der Waals surface area contributed by atoms with Crippen LogP contribution in [0.25, 0.3) is 0 Å². The van der Waals surface area contributed by atoms with Crippen LogP contribution in [-0.4, -0.2) is 17.9 Å². The monoisotopic (exact) mass is 141 g/mol. The molecule has 1 rings (SSSR count). The first kappa shape index (κ1) is 7.73. The molecule has 2 heteroatoms. The second kappa shape index (κ2) is 2.70. The van der Waals surface area contributed by atoms with Crippen LogP contribution in [0.15, 0.2) is 0 Å². The van der Waals surface area contributed by atoms with Gasteiger partial charge in [-0.25, -0.2) is 0 Å². The highest BCUT2D eigenvalue weighted by Gasteiger charge is 2.27. The number of Topliss-reactive ketones (excluding diaryl/α,β-unsaturated/α-hetero) is 1. The Morgan fingerprint density at radius 3 is 2.50 bits per heavy atom. The quantitative estimate of drug-likeness (QED) is 0.544. The second-order valence-corrected chi connectivity index (χ2v) is 3.32. The zero-order valence-electron chi connectivity index (χ0n) is 6.85. The van der Waals surface area contributed by atoms with Crippen LogP contribution in [0.4, 0.5) is 0 Å². The van der Waals surface area contributed by atoms with E-state index in [-0.39, 0.29) is 5.92 Å². The molecular weight excluding hydrogens is 126 g/mol. The molecule has 0 aromatic rings. The Labute approximate surface area is 62.0 Å². The maximum atomic E-state index is 11.2. The molecule has 0 aromatic carbocycles. The van der Waals surface area contributed by atoms with Crippen molar-refractivity contribution in [1.29, 1.82) is 0 Å². The topological polar surface area (TPSA) is 29.1 Å². The molecule has 0 amide bonds. The Morgan fingerprint density at radius 1 is 1.40 bits per heavy atom. The van der Waals surface area contributed by atoms with Crippen LogP contribution in [-0.2, 0) is 4.79 Å². The fraction of sp³-hybridized carbons (Fsp3) is 0.875. The van der Waals surface area contributed by atoms with Gasteiger partial charge in [-0.05, 0) is 13.8 Å². The van der Waals surface area contributed by atoms with E-state index in [1.165, 1.54) is 0 Å². The summed E-state index contributed by atoms with van der Waals surface area (Å²) in [6.45, 7) is 6.12. The summed E-state index contributed by atoms with van der Waals surface area (Å²) in [6.07, 6.45) is 0.700. The second-order valence-electron chi connectivity index (χ2n) is 3.32. The Balaban J connectivity index is 2.57. The molecule has 1 fully saturated rings. The van der Waals surface area contributed by atoms with Crippen LogP contribution in [0, 0.1) is 5.92 Å². The number of carbonyl (C=O) groups is 1. The molecule has 1 aliphatic heterocycles. The van der Waals surface area contributed by atoms with Crippen LogP contribution in [0.5, 0.6) is 0 Å². The summed E-state index contributed by atoms with van der Waals surface area (Å²) in [5, 5.41) is 3.34. The average Bonchev–Trinajstić information content (AvgIpc) is 1.82. The Bertz CT molecular complexity index is 144. The summed E-state index contributed by atoms with van der Waals surface area (Å²) in [5.41, 5.74) is 0. The minimum atomic E-state index is 0.205. The summed E-state index contributed by atoms with van der Waals surface area (Å²) in [7, 11) is 0. The lowest BCUT2D eigenvalue weighted by atomic mass is 9.89. The van der Waals surface area contributed by atoms with Gasteiger partial charge < -0.3 is 5.32 Å². The lowest BCUT2D eigenvalue weighted by Gasteiger charge is -2.30. The van der Waals surface area contributed by atoms with Gasteiger partial charge in [0.05, 0.1) is 0 Å². The van der Waals surface area contributed by atoms with Crippen LogP contribution in [0.2, 0.25) is 0 Å². The number of rotatable bonds is 0. The van der Waals surface area contributed by atoms with Crippen LogP contribution < -0.4 is 5.32 Å². The molecule has 0 unspecified atom stereocenters. The Morgan fingerprint density at radius 2 is 2.00 bits per heavy atom. The highest BCUT2D eigenvalue weighted by molar-refractivity contribution is 5.82. The molecule has 1 saturated heterocycles. The van der Waals surface area contributed by atoms with E-state index in [1.54, 1.807) is 0 Å². The smallest absolute Gasteiger partial charge is 0.138 e. The first-order valence-corrected chi connectivity index (χ1v) is 3.90. The van der Waals surface area contributed by atoms with Gasteiger partial charge in [0.25, 0.3) is 0 Å². The summed E-state index contributed by atoms with van der Waals surface area (Å²) in [5.74, 6) is 0.606. The largest absolute Gasteiger partial charge is 0.311 e. The fourth-order valence-corrected chi connectivity index (χ4v) is 1.42. The molecule has 0 bridgehead atoms. The first-order chi connectivity index (χ1) is 4.61. The van der Waals surface area contributed by atoms with Crippen LogP contribution in [0.1, 0.15) is 27.2 Å². The molecular formula is C8H15NO. The minimum absolute atomic E-state index is 0.205. The third-order valence-electron chi connectivity index (χ3n) is 2.31. The van der Waals surface area contributed by atoms with Crippen molar-refractivity contribution in [3.8, 4) is 0 Å². The molecule has 0 saturated carbocycles. The maximum Gasteiger partial charge on any atom is 0.138 e. The highest BCUT2D eigenvalue weighted by Crippen LogP contribution is 2.14. The summed E-state index contributed by atoms with van der Waals surface area (Å²) in [6, 6.07) is 0.731. The third kappa shape index (κ3) is 1.37. The van der Waals surface area contributed by atoms with E-state index >= 15 is 0 Å². The molecule has 0 aromatic heterocycles. The lowest BCUT2D eigenvalue weighted by molar-refractivity contribution is -0.125. The third-order valence-corrected chi connectivity index (χ3v) is 2.31. The number of piperidine rings is 1. The number of carbonyl (C=O) groups excluding carboxylic acids is 1. The molecule has 3 atom stereocenters. The van der Waals surface area contributed by atoms with E-state index in [2.05, 4.69) is 19.2 Å². The van der Waals surface area contributed by atoms with Crippen molar-refractivity contribution in [1.82, 2.24) is 5.32 Å². The SMILES string of the molecule is C[C@@H]1CC(=O)[C@@H](C)[C@H](C)N1. The Kier molecular flexibility index (Phi) is 2.09. The molecule has 1 aliphatic rings. The molecule has 1 N–H and O–H groups in total. The molecule has 0 aliphatic carbocycles. The van der Waals surface area contributed by atoms with Gasteiger partial charge in [0.2, 0.25) is 0 Å². The van der Waals surface area contributed by atoms with Crippen LogP contribution >= 0.6 is 0 Å². The van der Waals surface area contributed by atoms with Gasteiger partial charge in [-0.15, -0.1) is 0 Å². The van der Waals surface area contributed by atoms with Gasteiger partial charge in [-0.2, -0.15) is 0 Å². The summed E-state index contributed by atoms with van der Waals surface area (Å²) >= 11 is 0. The number of hydrogen-bond acceptors (Lipinski definition) is 2. The van der Waals surface area contributed by atoms with E-state index in [1.807, 2.05) is 6.92 Å². The van der Waals surface area contributed by atoms with Gasteiger partial charge in [-0.1, -0.05) is 6.92 Å². The predicted octanol–water partition coefficient (Wildman–Crippen LogP) is 0.962.